The molecule has 1 aliphatic heterocycles. The summed E-state index contributed by atoms with van der Waals surface area (Å²) in [6.45, 7) is 0. The zero-order valence-corrected chi connectivity index (χ0v) is 10.6. The fourth-order valence-corrected chi connectivity index (χ4v) is 2.60. The maximum absolute atomic E-state index is 14.2. The van der Waals surface area contributed by atoms with Crippen molar-refractivity contribution >= 4 is 0 Å². The van der Waals surface area contributed by atoms with Crippen LogP contribution in [0.2, 0.25) is 0 Å². The van der Waals surface area contributed by atoms with Gasteiger partial charge in [-0.15, -0.1) is 5.10 Å². The molecular formula is C14H12FN5. The Kier molecular flexibility index (Phi) is 2.42. The second kappa shape index (κ2) is 4.26. The van der Waals surface area contributed by atoms with Crippen LogP contribution >= 0.6 is 0 Å². The summed E-state index contributed by atoms with van der Waals surface area (Å²) in [4.78, 5) is 4.27. The van der Waals surface area contributed by atoms with Crippen molar-refractivity contribution in [2.24, 2.45) is 0 Å². The summed E-state index contributed by atoms with van der Waals surface area (Å²) in [6.07, 6.45) is 2.69. The Morgan fingerprint density at radius 3 is 2.75 bits per heavy atom. The van der Waals surface area contributed by atoms with Crippen LogP contribution < -0.4 is 0 Å². The highest BCUT2D eigenvalue weighted by Gasteiger charge is 2.35. The first kappa shape index (κ1) is 11.3. The van der Waals surface area contributed by atoms with E-state index in [9.17, 15) is 4.39 Å². The van der Waals surface area contributed by atoms with Crippen molar-refractivity contribution in [2.45, 2.75) is 18.6 Å². The largest absolute Gasteiger partial charge is 0.269 e. The van der Waals surface area contributed by atoms with Gasteiger partial charge in [0.05, 0.1) is 6.04 Å². The Bertz CT molecular complexity index is 719. The molecule has 0 radical (unpaired) electrons. The van der Waals surface area contributed by atoms with Crippen LogP contribution in [-0.2, 0) is 0 Å². The van der Waals surface area contributed by atoms with E-state index in [4.69, 9.17) is 0 Å². The Morgan fingerprint density at radius 1 is 1.15 bits per heavy atom. The van der Waals surface area contributed by atoms with Crippen molar-refractivity contribution in [3.63, 3.8) is 0 Å². The minimum Gasteiger partial charge on any atom is -0.239 e. The number of hydrogen-bond acceptors (Lipinski definition) is 3. The SMILES string of the molecule is FC1CC(c2ccccc2)n2nc(-n3cccn3)nc21. The van der Waals surface area contributed by atoms with Crippen LogP contribution in [0.1, 0.15) is 30.0 Å². The van der Waals surface area contributed by atoms with Crippen LogP contribution in [0.5, 0.6) is 0 Å². The Morgan fingerprint density at radius 2 is 2.00 bits per heavy atom. The molecule has 1 aliphatic rings. The van der Waals surface area contributed by atoms with Crippen molar-refractivity contribution in [1.82, 2.24) is 24.5 Å². The van der Waals surface area contributed by atoms with Gasteiger partial charge in [0.1, 0.15) is 0 Å². The summed E-state index contributed by atoms with van der Waals surface area (Å²) in [7, 11) is 0. The van der Waals surface area contributed by atoms with E-state index < -0.39 is 6.17 Å². The summed E-state index contributed by atoms with van der Waals surface area (Å²) in [5.74, 6) is 0.789. The lowest BCUT2D eigenvalue weighted by Gasteiger charge is -2.11. The number of hydrogen-bond donors (Lipinski definition) is 0. The van der Waals surface area contributed by atoms with Gasteiger partial charge in [-0.2, -0.15) is 10.1 Å². The molecule has 0 saturated heterocycles. The number of rotatable bonds is 2. The zero-order valence-electron chi connectivity index (χ0n) is 10.6. The molecular weight excluding hydrogens is 257 g/mol. The molecule has 1 aromatic carbocycles. The summed E-state index contributed by atoms with van der Waals surface area (Å²) in [5.41, 5.74) is 1.05. The van der Waals surface area contributed by atoms with Gasteiger partial charge in [-0.05, 0) is 11.6 Å². The first-order valence-corrected chi connectivity index (χ1v) is 6.48. The van der Waals surface area contributed by atoms with E-state index in [-0.39, 0.29) is 6.04 Å². The average molecular weight is 269 g/mol. The zero-order chi connectivity index (χ0) is 13.5. The van der Waals surface area contributed by atoms with Crippen molar-refractivity contribution < 1.29 is 4.39 Å². The molecule has 0 saturated carbocycles. The van der Waals surface area contributed by atoms with Crippen LogP contribution in [0.4, 0.5) is 4.39 Å². The normalized spacial score (nSPS) is 21.1. The van der Waals surface area contributed by atoms with Gasteiger partial charge in [-0.1, -0.05) is 30.3 Å². The van der Waals surface area contributed by atoms with Gasteiger partial charge < -0.3 is 0 Å². The third-order valence-electron chi connectivity index (χ3n) is 3.55. The van der Waals surface area contributed by atoms with Crippen LogP contribution in [0.3, 0.4) is 0 Å². The lowest BCUT2D eigenvalue weighted by molar-refractivity contribution is 0.328. The van der Waals surface area contributed by atoms with Crippen molar-refractivity contribution in [3.05, 3.63) is 60.2 Å². The van der Waals surface area contributed by atoms with Gasteiger partial charge in [0, 0.05) is 18.8 Å². The fraction of sp³-hybridized carbons (Fsp3) is 0.214. The maximum atomic E-state index is 14.2. The molecule has 2 atom stereocenters. The lowest BCUT2D eigenvalue weighted by Crippen LogP contribution is -2.08. The fourth-order valence-electron chi connectivity index (χ4n) is 2.60. The van der Waals surface area contributed by atoms with E-state index in [2.05, 4.69) is 15.2 Å². The van der Waals surface area contributed by atoms with Gasteiger partial charge in [0.15, 0.2) is 12.0 Å². The molecule has 3 aromatic rings. The number of benzene rings is 1. The summed E-state index contributed by atoms with van der Waals surface area (Å²) in [5, 5.41) is 8.49. The first-order valence-electron chi connectivity index (χ1n) is 6.48. The van der Waals surface area contributed by atoms with Crippen LogP contribution in [0.25, 0.3) is 5.95 Å². The number of fused-ring (bicyclic) bond motifs is 1. The molecule has 2 aromatic heterocycles. The second-order valence-electron chi connectivity index (χ2n) is 4.79. The number of halogens is 1. The molecule has 20 heavy (non-hydrogen) atoms. The van der Waals surface area contributed by atoms with E-state index in [1.165, 1.54) is 0 Å². The van der Waals surface area contributed by atoms with Crippen LogP contribution in [0.15, 0.2) is 48.8 Å². The van der Waals surface area contributed by atoms with E-state index in [1.807, 2.05) is 30.3 Å². The predicted molar refractivity (Wildman–Crippen MR) is 70.2 cm³/mol. The molecule has 5 nitrogen and oxygen atoms in total. The summed E-state index contributed by atoms with van der Waals surface area (Å²) < 4.78 is 17.4. The summed E-state index contributed by atoms with van der Waals surface area (Å²) >= 11 is 0. The molecule has 100 valence electrons. The predicted octanol–water partition coefficient (Wildman–Crippen LogP) is 2.47. The summed E-state index contributed by atoms with van der Waals surface area (Å²) in [6, 6.07) is 11.5. The molecule has 0 amide bonds. The number of nitrogens with zero attached hydrogens (tertiary/aromatic N) is 5. The second-order valence-corrected chi connectivity index (χ2v) is 4.79. The monoisotopic (exact) mass is 269 g/mol. The Balaban J connectivity index is 1.79. The molecule has 3 heterocycles. The molecule has 2 unspecified atom stereocenters. The minimum atomic E-state index is -1.09. The lowest BCUT2D eigenvalue weighted by atomic mass is 10.0. The highest BCUT2D eigenvalue weighted by Crippen LogP contribution is 2.39. The van der Waals surface area contributed by atoms with Gasteiger partial charge in [0.25, 0.3) is 5.95 Å². The highest BCUT2D eigenvalue weighted by atomic mass is 19.1. The standard InChI is InChI=1S/C14H12FN5/c15-11-9-12(10-5-2-1-3-6-10)20-13(11)17-14(18-20)19-8-4-7-16-19/h1-8,11-12H,9H2. The van der Waals surface area contributed by atoms with E-state index >= 15 is 0 Å². The Hall–Kier alpha value is -2.50. The minimum absolute atomic E-state index is 0.0991. The number of alkyl halides is 1. The molecule has 0 bridgehead atoms. The molecule has 0 N–H and O–H groups in total. The molecule has 6 heteroatoms. The highest BCUT2D eigenvalue weighted by molar-refractivity contribution is 5.25. The van der Waals surface area contributed by atoms with Crippen LogP contribution in [-0.4, -0.2) is 24.5 Å². The quantitative estimate of drug-likeness (QED) is 0.718. The maximum Gasteiger partial charge on any atom is 0.269 e. The van der Waals surface area contributed by atoms with Crippen LogP contribution in [0, 0.1) is 0 Å². The molecule has 0 fully saturated rings. The Labute approximate surface area is 114 Å². The topological polar surface area (TPSA) is 48.5 Å². The van der Waals surface area contributed by atoms with Crippen molar-refractivity contribution in [3.8, 4) is 5.95 Å². The third kappa shape index (κ3) is 1.65. The van der Waals surface area contributed by atoms with Gasteiger partial charge in [-0.3, -0.25) is 0 Å². The molecule has 0 spiro atoms. The first-order chi connectivity index (χ1) is 9.83. The van der Waals surface area contributed by atoms with Gasteiger partial charge in [-0.25, -0.2) is 13.8 Å². The van der Waals surface area contributed by atoms with E-state index in [0.717, 1.165) is 5.56 Å². The van der Waals surface area contributed by atoms with Gasteiger partial charge >= 0.3 is 0 Å². The average Bonchev–Trinajstić information content (AvgIpc) is 3.17. The van der Waals surface area contributed by atoms with Gasteiger partial charge in [0.2, 0.25) is 0 Å². The molecule has 0 aliphatic carbocycles. The third-order valence-corrected chi connectivity index (χ3v) is 3.55. The number of aromatic nitrogens is 5. The van der Waals surface area contributed by atoms with E-state index in [1.54, 1.807) is 27.8 Å². The molecule has 4 rings (SSSR count). The smallest absolute Gasteiger partial charge is 0.239 e. The van der Waals surface area contributed by atoms with Crippen molar-refractivity contribution in [1.29, 1.82) is 0 Å². The van der Waals surface area contributed by atoms with E-state index in [0.29, 0.717) is 18.2 Å². The van der Waals surface area contributed by atoms with Crippen molar-refractivity contribution in [2.75, 3.05) is 0 Å².